The standard InChI is InChI=1S/C19H21BFNO3/c1-18(2)19(3,4)25-20(24-18)16(21)13-14-8-7-9-15(12-14)23-17-10-5-6-11-22-17/h5-13H,1-4H3. The van der Waals surface area contributed by atoms with Crippen LogP contribution < -0.4 is 4.74 Å². The Bertz CT molecular complexity index is 761. The van der Waals surface area contributed by atoms with E-state index in [0.717, 1.165) is 0 Å². The highest BCUT2D eigenvalue weighted by Crippen LogP contribution is 2.39. The van der Waals surface area contributed by atoms with Gasteiger partial charge in [-0.25, -0.2) is 9.37 Å². The van der Waals surface area contributed by atoms with Crippen molar-refractivity contribution in [3.8, 4) is 11.6 Å². The van der Waals surface area contributed by atoms with Gasteiger partial charge >= 0.3 is 7.12 Å². The third-order valence-corrected chi connectivity index (χ3v) is 4.50. The maximum absolute atomic E-state index is 14.6. The second-order valence-corrected chi connectivity index (χ2v) is 6.96. The molecule has 130 valence electrons. The molecule has 0 amide bonds. The number of ether oxygens (including phenoxy) is 1. The van der Waals surface area contributed by atoms with Crippen LogP contribution in [0.1, 0.15) is 33.3 Å². The van der Waals surface area contributed by atoms with Gasteiger partial charge in [0.25, 0.3) is 0 Å². The molecule has 0 bridgehead atoms. The quantitative estimate of drug-likeness (QED) is 0.748. The van der Waals surface area contributed by atoms with Crippen molar-refractivity contribution in [2.24, 2.45) is 0 Å². The molecule has 0 atom stereocenters. The summed E-state index contributed by atoms with van der Waals surface area (Å²) in [6.45, 7) is 7.56. The van der Waals surface area contributed by atoms with E-state index in [1.165, 1.54) is 6.08 Å². The normalized spacial score (nSPS) is 19.1. The first-order chi connectivity index (χ1) is 11.8. The Kier molecular flexibility index (Phi) is 4.67. The predicted octanol–water partition coefficient (Wildman–Crippen LogP) is 4.82. The summed E-state index contributed by atoms with van der Waals surface area (Å²) in [6, 6.07) is 12.5. The van der Waals surface area contributed by atoms with Crippen LogP contribution in [-0.2, 0) is 9.31 Å². The Morgan fingerprint density at radius 1 is 1.08 bits per heavy atom. The topological polar surface area (TPSA) is 40.6 Å². The third kappa shape index (κ3) is 3.91. The first kappa shape index (κ1) is 17.6. The Labute approximate surface area is 147 Å². The first-order valence-electron chi connectivity index (χ1n) is 8.18. The zero-order valence-corrected chi connectivity index (χ0v) is 14.8. The average Bonchev–Trinajstić information content (AvgIpc) is 2.77. The molecule has 25 heavy (non-hydrogen) atoms. The number of rotatable bonds is 4. The van der Waals surface area contributed by atoms with E-state index in [2.05, 4.69) is 4.98 Å². The number of pyridine rings is 1. The van der Waals surface area contributed by atoms with Crippen molar-refractivity contribution in [1.29, 1.82) is 0 Å². The van der Waals surface area contributed by atoms with Crippen LogP contribution in [0.3, 0.4) is 0 Å². The molecule has 0 aliphatic carbocycles. The molecule has 1 aliphatic rings. The fourth-order valence-corrected chi connectivity index (χ4v) is 2.38. The highest BCUT2D eigenvalue weighted by Gasteiger charge is 2.53. The number of aromatic nitrogens is 1. The van der Waals surface area contributed by atoms with E-state index in [9.17, 15) is 4.39 Å². The lowest BCUT2D eigenvalue weighted by Gasteiger charge is -2.32. The maximum atomic E-state index is 14.6. The molecule has 2 heterocycles. The van der Waals surface area contributed by atoms with Crippen molar-refractivity contribution in [2.75, 3.05) is 0 Å². The van der Waals surface area contributed by atoms with Crippen molar-refractivity contribution in [1.82, 2.24) is 4.98 Å². The SMILES string of the molecule is CC1(C)OB(C(F)=Cc2cccc(Oc3ccccn3)c2)OC1(C)C. The summed E-state index contributed by atoms with van der Waals surface area (Å²) in [5.74, 6) is 1.06. The van der Waals surface area contributed by atoms with Crippen LogP contribution in [0.2, 0.25) is 0 Å². The number of benzene rings is 1. The molecule has 1 fully saturated rings. The van der Waals surface area contributed by atoms with Crippen molar-refractivity contribution < 1.29 is 18.4 Å². The van der Waals surface area contributed by atoms with Gasteiger partial charge < -0.3 is 14.0 Å². The molecule has 0 spiro atoms. The van der Waals surface area contributed by atoms with Crippen molar-refractivity contribution in [3.63, 3.8) is 0 Å². The van der Waals surface area contributed by atoms with E-state index in [-0.39, 0.29) is 0 Å². The van der Waals surface area contributed by atoms with Gasteiger partial charge in [0.15, 0.2) is 0 Å². The smallest absolute Gasteiger partial charge is 0.439 e. The zero-order chi connectivity index (χ0) is 18.1. The third-order valence-electron chi connectivity index (χ3n) is 4.50. The minimum atomic E-state index is -1.01. The molecule has 1 aromatic carbocycles. The predicted molar refractivity (Wildman–Crippen MR) is 95.9 cm³/mol. The second-order valence-electron chi connectivity index (χ2n) is 6.96. The van der Waals surface area contributed by atoms with Gasteiger partial charge in [0.1, 0.15) is 11.5 Å². The van der Waals surface area contributed by atoms with Gasteiger partial charge in [-0.2, -0.15) is 0 Å². The summed E-state index contributed by atoms with van der Waals surface area (Å²) in [6.07, 6.45) is 3.05. The highest BCUT2D eigenvalue weighted by atomic mass is 19.1. The summed E-state index contributed by atoms with van der Waals surface area (Å²) in [7, 11) is -1.01. The molecular weight excluding hydrogens is 320 g/mol. The number of halogens is 1. The Hall–Kier alpha value is -2.18. The number of nitrogens with zero attached hydrogens (tertiary/aromatic N) is 1. The minimum absolute atomic E-state index is 0.478. The van der Waals surface area contributed by atoms with Crippen molar-refractivity contribution >= 4 is 13.2 Å². The summed E-state index contributed by atoms with van der Waals surface area (Å²) >= 11 is 0. The maximum Gasteiger partial charge on any atom is 0.525 e. The Morgan fingerprint density at radius 3 is 2.44 bits per heavy atom. The van der Waals surface area contributed by atoms with E-state index >= 15 is 0 Å². The van der Waals surface area contributed by atoms with Gasteiger partial charge in [-0.3, -0.25) is 0 Å². The van der Waals surface area contributed by atoms with E-state index in [4.69, 9.17) is 14.0 Å². The molecule has 3 rings (SSSR count). The highest BCUT2D eigenvalue weighted by molar-refractivity contribution is 6.54. The van der Waals surface area contributed by atoms with Gasteiger partial charge in [-0.1, -0.05) is 18.2 Å². The van der Waals surface area contributed by atoms with Crippen LogP contribution in [-0.4, -0.2) is 23.3 Å². The van der Waals surface area contributed by atoms with E-state index in [1.54, 1.807) is 36.5 Å². The minimum Gasteiger partial charge on any atom is -0.439 e. The molecule has 1 aromatic heterocycles. The Morgan fingerprint density at radius 2 is 1.80 bits per heavy atom. The van der Waals surface area contributed by atoms with Gasteiger partial charge in [-0.15, -0.1) is 0 Å². The molecule has 6 heteroatoms. The fraction of sp³-hybridized carbons (Fsp3) is 0.316. The molecule has 1 saturated heterocycles. The van der Waals surface area contributed by atoms with E-state index in [1.807, 2.05) is 39.8 Å². The molecule has 4 nitrogen and oxygen atoms in total. The van der Waals surface area contributed by atoms with Gasteiger partial charge in [0.05, 0.1) is 11.2 Å². The summed E-state index contributed by atoms with van der Waals surface area (Å²) in [5.41, 5.74) is -0.978. The average molecular weight is 341 g/mol. The summed E-state index contributed by atoms with van der Waals surface area (Å²) < 4.78 is 31.7. The molecule has 0 radical (unpaired) electrons. The van der Waals surface area contributed by atoms with Crippen LogP contribution in [0.4, 0.5) is 4.39 Å². The molecule has 0 N–H and O–H groups in total. The van der Waals surface area contributed by atoms with Gasteiger partial charge in [0.2, 0.25) is 5.88 Å². The summed E-state index contributed by atoms with van der Waals surface area (Å²) in [4.78, 5) is 4.11. The number of hydrogen-bond acceptors (Lipinski definition) is 4. The Balaban J connectivity index is 1.76. The van der Waals surface area contributed by atoms with E-state index in [0.29, 0.717) is 17.2 Å². The largest absolute Gasteiger partial charge is 0.525 e. The molecule has 2 aromatic rings. The lowest BCUT2D eigenvalue weighted by Crippen LogP contribution is -2.41. The van der Waals surface area contributed by atoms with Crippen LogP contribution in [0, 0.1) is 0 Å². The second kappa shape index (κ2) is 6.62. The van der Waals surface area contributed by atoms with Crippen LogP contribution in [0.5, 0.6) is 11.6 Å². The molecule has 0 saturated carbocycles. The first-order valence-corrected chi connectivity index (χ1v) is 8.18. The van der Waals surface area contributed by atoms with E-state index < -0.39 is 24.0 Å². The molecular formula is C19H21BFNO3. The lowest BCUT2D eigenvalue weighted by atomic mass is 9.87. The molecule has 0 unspecified atom stereocenters. The van der Waals surface area contributed by atoms with Crippen LogP contribution in [0.15, 0.2) is 54.4 Å². The van der Waals surface area contributed by atoms with Crippen molar-refractivity contribution in [2.45, 2.75) is 38.9 Å². The monoisotopic (exact) mass is 341 g/mol. The van der Waals surface area contributed by atoms with Crippen molar-refractivity contribution in [3.05, 3.63) is 60.0 Å². The molecule has 1 aliphatic heterocycles. The van der Waals surface area contributed by atoms with Gasteiger partial charge in [-0.05, 0) is 57.5 Å². The summed E-state index contributed by atoms with van der Waals surface area (Å²) in [5, 5.41) is 0. The van der Waals surface area contributed by atoms with Gasteiger partial charge in [0, 0.05) is 12.3 Å². The number of hydrogen-bond donors (Lipinski definition) is 0. The fourth-order valence-electron chi connectivity index (χ4n) is 2.38. The zero-order valence-electron chi connectivity index (χ0n) is 14.8. The lowest BCUT2D eigenvalue weighted by molar-refractivity contribution is 0.00578. The van der Waals surface area contributed by atoms with Crippen LogP contribution in [0.25, 0.3) is 6.08 Å². The van der Waals surface area contributed by atoms with Crippen LogP contribution >= 0.6 is 0 Å².